The third kappa shape index (κ3) is 2.50. The first-order valence-corrected chi connectivity index (χ1v) is 7.16. The Morgan fingerprint density at radius 3 is 2.72 bits per heavy atom. The molecule has 1 aliphatic rings. The number of nitrogens with one attached hydrogen (secondary N) is 1. The lowest BCUT2D eigenvalue weighted by Gasteiger charge is -2.33. The van der Waals surface area contributed by atoms with Crippen LogP contribution in [0.25, 0.3) is 0 Å². The Kier molecular flexibility index (Phi) is 3.35. The summed E-state index contributed by atoms with van der Waals surface area (Å²) in [6.07, 6.45) is 1.54. The maximum atomic E-state index is 12.3. The summed E-state index contributed by atoms with van der Waals surface area (Å²) in [5, 5.41) is 3.45. The van der Waals surface area contributed by atoms with Crippen LogP contribution in [0.2, 0.25) is 0 Å². The van der Waals surface area contributed by atoms with E-state index in [1.165, 1.54) is 6.92 Å². The summed E-state index contributed by atoms with van der Waals surface area (Å²) in [6, 6.07) is 0. The molecule has 0 amide bonds. The lowest BCUT2D eigenvalue weighted by molar-refractivity contribution is 0.0386. The lowest BCUT2D eigenvalue weighted by Crippen LogP contribution is -2.51. The highest BCUT2D eigenvalue weighted by molar-refractivity contribution is 7.89. The minimum atomic E-state index is -3.75. The van der Waals surface area contributed by atoms with E-state index < -0.39 is 15.6 Å². The molecule has 0 bridgehead atoms. The third-order valence-corrected chi connectivity index (χ3v) is 4.72. The van der Waals surface area contributed by atoms with Gasteiger partial charge in [0.05, 0.1) is 12.1 Å². The minimum Gasteiger partial charge on any atom is -0.380 e. The van der Waals surface area contributed by atoms with Crippen LogP contribution in [0.15, 0.2) is 9.42 Å². The summed E-state index contributed by atoms with van der Waals surface area (Å²) in [6.45, 7) is 4.32. The molecule has 8 heteroatoms. The number of nitrogens with two attached hydrogens (primary N) is 1. The molecular weight excluding hydrogens is 258 g/mol. The number of rotatable bonds is 3. The number of aromatic nitrogens is 1. The van der Waals surface area contributed by atoms with Gasteiger partial charge in [0.15, 0.2) is 16.5 Å². The number of aryl methyl sites for hydroxylation is 1. The molecule has 2 heterocycles. The summed E-state index contributed by atoms with van der Waals surface area (Å²) in [4.78, 5) is -0.0886. The van der Waals surface area contributed by atoms with Crippen molar-refractivity contribution in [1.29, 1.82) is 0 Å². The Balaban J connectivity index is 2.27. The monoisotopic (exact) mass is 275 g/mol. The number of nitrogen functional groups attached to an aromatic ring is 1. The molecule has 0 spiro atoms. The van der Waals surface area contributed by atoms with Gasteiger partial charge in [0.25, 0.3) is 0 Å². The van der Waals surface area contributed by atoms with E-state index in [4.69, 9.17) is 15.0 Å². The van der Waals surface area contributed by atoms with Gasteiger partial charge in [-0.05, 0) is 26.7 Å². The number of nitrogens with zero attached hydrogens (tertiary/aromatic N) is 1. The Morgan fingerprint density at radius 1 is 1.50 bits per heavy atom. The summed E-state index contributed by atoms with van der Waals surface area (Å²) >= 11 is 0. The van der Waals surface area contributed by atoms with Crippen molar-refractivity contribution >= 4 is 15.8 Å². The summed E-state index contributed by atoms with van der Waals surface area (Å²) < 4.78 is 37.2. The van der Waals surface area contributed by atoms with Crippen LogP contribution in [0.5, 0.6) is 0 Å². The fourth-order valence-corrected chi connectivity index (χ4v) is 3.74. The molecule has 0 aliphatic carbocycles. The Bertz CT molecular complexity index is 512. The summed E-state index contributed by atoms with van der Waals surface area (Å²) in [5.74, 6) is 0.0562. The van der Waals surface area contributed by atoms with E-state index >= 15 is 0 Å². The minimum absolute atomic E-state index is 0.0886. The van der Waals surface area contributed by atoms with Crippen molar-refractivity contribution in [3.63, 3.8) is 0 Å². The van der Waals surface area contributed by atoms with Crippen molar-refractivity contribution in [2.24, 2.45) is 0 Å². The molecule has 7 nitrogen and oxygen atoms in total. The van der Waals surface area contributed by atoms with Crippen LogP contribution in [0, 0.1) is 6.92 Å². The molecule has 0 aromatic carbocycles. The molecule has 3 N–H and O–H groups in total. The molecule has 1 aromatic heterocycles. The highest BCUT2D eigenvalue weighted by Gasteiger charge is 2.35. The first kappa shape index (κ1) is 13.3. The number of sulfonamides is 1. The molecule has 2 rings (SSSR count). The van der Waals surface area contributed by atoms with Gasteiger partial charge in [0.1, 0.15) is 0 Å². The smallest absolute Gasteiger partial charge is 0.248 e. The molecule has 1 aromatic rings. The van der Waals surface area contributed by atoms with Gasteiger partial charge in [-0.1, -0.05) is 5.16 Å². The van der Waals surface area contributed by atoms with E-state index in [9.17, 15) is 8.42 Å². The fraction of sp³-hybridized carbons (Fsp3) is 0.700. The van der Waals surface area contributed by atoms with E-state index in [2.05, 4.69) is 9.88 Å². The van der Waals surface area contributed by atoms with E-state index in [1.807, 2.05) is 6.92 Å². The number of ether oxygens (including phenoxy) is 1. The summed E-state index contributed by atoms with van der Waals surface area (Å²) in [5.41, 5.74) is 4.90. The Hall–Kier alpha value is -1.12. The normalized spacial score (nSPS) is 25.2. The predicted molar refractivity (Wildman–Crippen MR) is 64.4 cm³/mol. The van der Waals surface area contributed by atoms with Gasteiger partial charge in [-0.3, -0.25) is 0 Å². The van der Waals surface area contributed by atoms with Crippen molar-refractivity contribution in [2.45, 2.75) is 37.1 Å². The van der Waals surface area contributed by atoms with Gasteiger partial charge >= 0.3 is 0 Å². The Morgan fingerprint density at radius 2 is 2.22 bits per heavy atom. The van der Waals surface area contributed by atoms with Crippen LogP contribution in [-0.2, 0) is 14.8 Å². The van der Waals surface area contributed by atoms with Crippen molar-refractivity contribution in [3.8, 4) is 0 Å². The van der Waals surface area contributed by atoms with Crippen molar-refractivity contribution < 1.29 is 17.7 Å². The van der Waals surface area contributed by atoms with Crippen LogP contribution in [0.3, 0.4) is 0 Å². The highest BCUT2D eigenvalue weighted by Crippen LogP contribution is 2.26. The third-order valence-electron chi connectivity index (χ3n) is 2.92. The van der Waals surface area contributed by atoms with Gasteiger partial charge < -0.3 is 15.0 Å². The van der Waals surface area contributed by atoms with Crippen LogP contribution < -0.4 is 10.5 Å². The van der Waals surface area contributed by atoms with Crippen molar-refractivity contribution in [2.75, 3.05) is 18.9 Å². The van der Waals surface area contributed by atoms with E-state index in [-0.39, 0.29) is 16.5 Å². The number of hydrogen-bond acceptors (Lipinski definition) is 6. The largest absolute Gasteiger partial charge is 0.380 e. The maximum absolute atomic E-state index is 12.3. The van der Waals surface area contributed by atoms with Crippen molar-refractivity contribution in [3.05, 3.63) is 5.76 Å². The zero-order chi connectivity index (χ0) is 13.4. The number of hydrogen-bond donors (Lipinski definition) is 2. The average molecular weight is 275 g/mol. The Labute approximate surface area is 106 Å². The van der Waals surface area contributed by atoms with Crippen LogP contribution in [0.1, 0.15) is 25.5 Å². The molecule has 0 saturated carbocycles. The molecule has 1 unspecified atom stereocenters. The molecule has 18 heavy (non-hydrogen) atoms. The second kappa shape index (κ2) is 4.52. The van der Waals surface area contributed by atoms with Gasteiger partial charge in [-0.25, -0.2) is 13.1 Å². The van der Waals surface area contributed by atoms with Gasteiger partial charge in [-0.15, -0.1) is 0 Å². The second-order valence-corrected chi connectivity index (χ2v) is 6.39. The average Bonchev–Trinajstić information content (AvgIpc) is 2.58. The van der Waals surface area contributed by atoms with Crippen LogP contribution in [0.4, 0.5) is 5.82 Å². The lowest BCUT2D eigenvalue weighted by atomic mass is 9.97. The summed E-state index contributed by atoms with van der Waals surface area (Å²) in [7, 11) is -3.75. The van der Waals surface area contributed by atoms with Gasteiger partial charge in [0, 0.05) is 6.61 Å². The quantitative estimate of drug-likeness (QED) is 0.827. The second-order valence-electron chi connectivity index (χ2n) is 4.78. The molecule has 0 radical (unpaired) electrons. The first-order valence-electron chi connectivity index (χ1n) is 5.68. The van der Waals surface area contributed by atoms with Gasteiger partial charge in [0.2, 0.25) is 10.0 Å². The van der Waals surface area contributed by atoms with Crippen LogP contribution in [-0.4, -0.2) is 32.3 Å². The predicted octanol–water partition coefficient (Wildman–Crippen LogP) is 0.413. The molecule has 1 saturated heterocycles. The van der Waals surface area contributed by atoms with Crippen LogP contribution >= 0.6 is 0 Å². The molecule has 1 atom stereocenters. The van der Waals surface area contributed by atoms with E-state index in [0.29, 0.717) is 13.2 Å². The van der Waals surface area contributed by atoms with E-state index in [0.717, 1.165) is 12.8 Å². The molecule has 1 fully saturated rings. The molecule has 102 valence electrons. The zero-order valence-electron chi connectivity index (χ0n) is 10.4. The van der Waals surface area contributed by atoms with Crippen molar-refractivity contribution in [1.82, 2.24) is 9.88 Å². The topological polar surface area (TPSA) is 107 Å². The SMILES string of the molecule is Cc1onc(N)c1S(=O)(=O)NC1(C)CCCOC1. The molecular formula is C10H17N3O4S. The first-order chi connectivity index (χ1) is 8.34. The maximum Gasteiger partial charge on any atom is 0.248 e. The zero-order valence-corrected chi connectivity index (χ0v) is 11.2. The molecule has 1 aliphatic heterocycles. The fourth-order valence-electron chi connectivity index (χ4n) is 2.10. The standard InChI is InChI=1S/C10H17N3O4S/c1-7-8(9(11)12-17-7)18(14,15)13-10(2)4-3-5-16-6-10/h13H,3-6H2,1-2H3,(H2,11,12). The van der Waals surface area contributed by atoms with Gasteiger partial charge in [-0.2, -0.15) is 0 Å². The highest BCUT2D eigenvalue weighted by atomic mass is 32.2. The number of anilines is 1. The van der Waals surface area contributed by atoms with E-state index in [1.54, 1.807) is 0 Å².